The molecular formula is C17H27ClN2. The molecule has 2 unspecified atom stereocenters. The summed E-state index contributed by atoms with van der Waals surface area (Å²) in [4.78, 5) is 2.51. The Labute approximate surface area is 128 Å². The second-order valence-corrected chi connectivity index (χ2v) is 6.15. The van der Waals surface area contributed by atoms with Crippen LogP contribution in [0, 0.1) is 0 Å². The van der Waals surface area contributed by atoms with Crippen molar-refractivity contribution in [3.8, 4) is 0 Å². The summed E-state index contributed by atoms with van der Waals surface area (Å²) in [6.07, 6.45) is 5.12. The molecule has 3 heteroatoms. The Hall–Kier alpha value is -0.730. The molecule has 1 aliphatic heterocycles. The van der Waals surface area contributed by atoms with Gasteiger partial charge in [-0.25, -0.2) is 0 Å². The van der Waals surface area contributed by atoms with Gasteiger partial charge in [0.05, 0.1) is 10.7 Å². The minimum Gasteiger partial charge on any atom is -0.367 e. The fourth-order valence-electron chi connectivity index (χ4n) is 3.19. The van der Waals surface area contributed by atoms with Gasteiger partial charge in [0.1, 0.15) is 0 Å². The van der Waals surface area contributed by atoms with E-state index in [0.29, 0.717) is 12.1 Å². The summed E-state index contributed by atoms with van der Waals surface area (Å²) in [5, 5.41) is 4.33. The van der Waals surface area contributed by atoms with E-state index >= 15 is 0 Å². The molecule has 2 atom stereocenters. The molecule has 1 aromatic carbocycles. The number of hydrogen-bond acceptors (Lipinski definition) is 2. The minimum atomic E-state index is 0.356. The first-order valence-electron chi connectivity index (χ1n) is 7.96. The summed E-state index contributed by atoms with van der Waals surface area (Å²) in [7, 11) is 0. The molecule has 1 saturated heterocycles. The van der Waals surface area contributed by atoms with Gasteiger partial charge in [-0.3, -0.25) is 0 Å². The molecule has 0 bridgehead atoms. The molecule has 1 aromatic rings. The molecule has 1 N–H and O–H groups in total. The Bertz CT molecular complexity index is 433. The lowest BCUT2D eigenvalue weighted by Crippen LogP contribution is -2.39. The Balaban J connectivity index is 2.20. The standard InChI is InChI=1S/C17H27ClN2/c1-4-15-8-6-7-11-20(15)17-10-9-14(12-16(17)18)13(3)19-5-2/h9-10,12-13,15,19H,4-8,11H2,1-3H3. The zero-order chi connectivity index (χ0) is 14.5. The summed E-state index contributed by atoms with van der Waals surface area (Å²) in [6.45, 7) is 8.71. The number of rotatable bonds is 5. The Morgan fingerprint density at radius 3 is 2.80 bits per heavy atom. The molecule has 112 valence electrons. The molecule has 0 saturated carbocycles. The van der Waals surface area contributed by atoms with Crippen molar-refractivity contribution in [1.29, 1.82) is 0 Å². The highest BCUT2D eigenvalue weighted by Crippen LogP contribution is 2.33. The topological polar surface area (TPSA) is 15.3 Å². The van der Waals surface area contributed by atoms with Gasteiger partial charge in [0.15, 0.2) is 0 Å². The number of hydrogen-bond donors (Lipinski definition) is 1. The Kier molecular flexibility index (Phi) is 5.74. The monoisotopic (exact) mass is 294 g/mol. The number of halogens is 1. The highest BCUT2D eigenvalue weighted by Gasteiger charge is 2.23. The van der Waals surface area contributed by atoms with E-state index in [1.54, 1.807) is 0 Å². The molecule has 0 aromatic heterocycles. The molecule has 0 aliphatic carbocycles. The highest BCUT2D eigenvalue weighted by atomic mass is 35.5. The van der Waals surface area contributed by atoms with Crippen LogP contribution in [0.25, 0.3) is 0 Å². The quantitative estimate of drug-likeness (QED) is 0.841. The van der Waals surface area contributed by atoms with Gasteiger partial charge in [-0.1, -0.05) is 31.5 Å². The molecular weight excluding hydrogens is 268 g/mol. The molecule has 0 radical (unpaired) electrons. The summed E-state index contributed by atoms with van der Waals surface area (Å²) in [5.74, 6) is 0. The van der Waals surface area contributed by atoms with Gasteiger partial charge in [-0.15, -0.1) is 0 Å². The maximum atomic E-state index is 6.56. The second kappa shape index (κ2) is 7.33. The van der Waals surface area contributed by atoms with Crippen LogP contribution in [0.4, 0.5) is 5.69 Å². The molecule has 1 aliphatic rings. The highest BCUT2D eigenvalue weighted by molar-refractivity contribution is 6.33. The third-order valence-electron chi connectivity index (χ3n) is 4.39. The van der Waals surface area contributed by atoms with Gasteiger partial charge in [0.25, 0.3) is 0 Å². The maximum absolute atomic E-state index is 6.56. The molecule has 2 nitrogen and oxygen atoms in total. The first kappa shape index (κ1) is 15.7. The van der Waals surface area contributed by atoms with E-state index in [2.05, 4.69) is 49.2 Å². The number of piperidine rings is 1. The fourth-order valence-corrected chi connectivity index (χ4v) is 3.49. The Morgan fingerprint density at radius 1 is 1.35 bits per heavy atom. The molecule has 20 heavy (non-hydrogen) atoms. The van der Waals surface area contributed by atoms with Crippen molar-refractivity contribution in [2.45, 2.75) is 58.5 Å². The summed E-state index contributed by atoms with van der Waals surface area (Å²) < 4.78 is 0. The van der Waals surface area contributed by atoms with Crippen LogP contribution in [0.3, 0.4) is 0 Å². The van der Waals surface area contributed by atoms with E-state index in [1.165, 1.54) is 36.9 Å². The van der Waals surface area contributed by atoms with Crippen LogP contribution in [0.1, 0.15) is 58.1 Å². The van der Waals surface area contributed by atoms with E-state index in [-0.39, 0.29) is 0 Å². The van der Waals surface area contributed by atoms with Crippen LogP contribution in [0.2, 0.25) is 5.02 Å². The van der Waals surface area contributed by atoms with E-state index in [0.717, 1.165) is 18.1 Å². The van der Waals surface area contributed by atoms with Crippen LogP contribution in [-0.4, -0.2) is 19.1 Å². The normalized spacial score (nSPS) is 21.0. The SMILES string of the molecule is CCNC(C)c1ccc(N2CCCCC2CC)c(Cl)c1. The fraction of sp³-hybridized carbons (Fsp3) is 0.647. The zero-order valence-corrected chi connectivity index (χ0v) is 13.7. The van der Waals surface area contributed by atoms with Crippen molar-refractivity contribution in [3.63, 3.8) is 0 Å². The molecule has 0 amide bonds. The average Bonchev–Trinajstić information content (AvgIpc) is 2.47. The Morgan fingerprint density at radius 2 is 2.15 bits per heavy atom. The summed E-state index contributed by atoms with van der Waals surface area (Å²) >= 11 is 6.56. The lowest BCUT2D eigenvalue weighted by molar-refractivity contribution is 0.450. The van der Waals surface area contributed by atoms with Crippen molar-refractivity contribution < 1.29 is 0 Å². The molecule has 1 heterocycles. The van der Waals surface area contributed by atoms with E-state index < -0.39 is 0 Å². The van der Waals surface area contributed by atoms with Gasteiger partial charge in [-0.2, -0.15) is 0 Å². The number of nitrogens with zero attached hydrogens (tertiary/aromatic N) is 1. The minimum absolute atomic E-state index is 0.356. The lowest BCUT2D eigenvalue weighted by Gasteiger charge is -2.37. The zero-order valence-electron chi connectivity index (χ0n) is 13.0. The molecule has 1 fully saturated rings. The summed E-state index contributed by atoms with van der Waals surface area (Å²) in [5.41, 5.74) is 2.48. The van der Waals surface area contributed by atoms with Crippen LogP contribution < -0.4 is 10.2 Å². The smallest absolute Gasteiger partial charge is 0.0642 e. The number of anilines is 1. The summed E-state index contributed by atoms with van der Waals surface area (Å²) in [6, 6.07) is 7.56. The van der Waals surface area contributed by atoms with E-state index in [9.17, 15) is 0 Å². The van der Waals surface area contributed by atoms with Crippen LogP contribution >= 0.6 is 11.6 Å². The third-order valence-corrected chi connectivity index (χ3v) is 4.69. The number of nitrogens with one attached hydrogen (secondary N) is 1. The third kappa shape index (κ3) is 3.48. The first-order valence-corrected chi connectivity index (χ1v) is 8.34. The molecule has 0 spiro atoms. The average molecular weight is 295 g/mol. The van der Waals surface area contributed by atoms with Crippen molar-refractivity contribution >= 4 is 17.3 Å². The van der Waals surface area contributed by atoms with Crippen molar-refractivity contribution in [2.75, 3.05) is 18.0 Å². The maximum Gasteiger partial charge on any atom is 0.0642 e. The number of benzene rings is 1. The molecule has 2 rings (SSSR count). The van der Waals surface area contributed by atoms with E-state index in [4.69, 9.17) is 11.6 Å². The van der Waals surface area contributed by atoms with Crippen LogP contribution in [0.5, 0.6) is 0 Å². The lowest BCUT2D eigenvalue weighted by atomic mass is 9.98. The van der Waals surface area contributed by atoms with Crippen molar-refractivity contribution in [1.82, 2.24) is 5.32 Å². The first-order chi connectivity index (χ1) is 9.67. The van der Waals surface area contributed by atoms with Gasteiger partial charge < -0.3 is 10.2 Å². The predicted octanol–water partition coefficient (Wildman–Crippen LogP) is 4.78. The van der Waals surface area contributed by atoms with E-state index in [1.807, 2.05) is 0 Å². The van der Waals surface area contributed by atoms with Crippen LogP contribution in [0.15, 0.2) is 18.2 Å². The largest absolute Gasteiger partial charge is 0.367 e. The van der Waals surface area contributed by atoms with Crippen LogP contribution in [-0.2, 0) is 0 Å². The second-order valence-electron chi connectivity index (χ2n) is 5.74. The van der Waals surface area contributed by atoms with Gasteiger partial charge in [0.2, 0.25) is 0 Å². The predicted molar refractivity (Wildman–Crippen MR) is 88.8 cm³/mol. The van der Waals surface area contributed by atoms with Gasteiger partial charge >= 0.3 is 0 Å². The van der Waals surface area contributed by atoms with Gasteiger partial charge in [0, 0.05) is 18.6 Å². The van der Waals surface area contributed by atoms with Crippen molar-refractivity contribution in [3.05, 3.63) is 28.8 Å². The van der Waals surface area contributed by atoms with Gasteiger partial charge in [-0.05, 0) is 56.8 Å². The van der Waals surface area contributed by atoms with Crippen molar-refractivity contribution in [2.24, 2.45) is 0 Å².